The minimum atomic E-state index is -0.760. The number of nitrogens with one attached hydrogen (secondary N) is 1. The predicted octanol–water partition coefficient (Wildman–Crippen LogP) is 2.64. The SMILES string of the molecule is CCOC(=O)NC(=O)COc1ccc(C(C)(C)C)cc1. The summed E-state index contributed by atoms with van der Waals surface area (Å²) in [5.74, 6) is 0.0420. The maximum absolute atomic E-state index is 11.4. The molecule has 0 atom stereocenters. The largest absolute Gasteiger partial charge is 0.484 e. The zero-order valence-electron chi connectivity index (χ0n) is 12.4. The molecule has 1 rings (SSSR count). The number of ether oxygens (including phenoxy) is 2. The van der Waals surface area contributed by atoms with Crippen LogP contribution in [-0.2, 0) is 14.9 Å². The maximum Gasteiger partial charge on any atom is 0.413 e. The van der Waals surface area contributed by atoms with Gasteiger partial charge in [-0.15, -0.1) is 0 Å². The highest BCUT2D eigenvalue weighted by atomic mass is 16.5. The van der Waals surface area contributed by atoms with E-state index in [0.29, 0.717) is 5.75 Å². The van der Waals surface area contributed by atoms with E-state index in [2.05, 4.69) is 30.8 Å². The lowest BCUT2D eigenvalue weighted by Gasteiger charge is -2.19. The van der Waals surface area contributed by atoms with E-state index in [9.17, 15) is 9.59 Å². The van der Waals surface area contributed by atoms with Crippen LogP contribution in [0.5, 0.6) is 5.75 Å². The van der Waals surface area contributed by atoms with Gasteiger partial charge >= 0.3 is 6.09 Å². The van der Waals surface area contributed by atoms with Crippen molar-refractivity contribution in [3.05, 3.63) is 29.8 Å². The van der Waals surface area contributed by atoms with Gasteiger partial charge in [-0.3, -0.25) is 10.1 Å². The summed E-state index contributed by atoms with van der Waals surface area (Å²) in [6, 6.07) is 7.52. The van der Waals surface area contributed by atoms with E-state index in [1.54, 1.807) is 19.1 Å². The Labute approximate surface area is 119 Å². The third-order valence-electron chi connectivity index (χ3n) is 2.61. The average molecular weight is 279 g/mol. The summed E-state index contributed by atoms with van der Waals surface area (Å²) in [6.07, 6.45) is -0.760. The van der Waals surface area contributed by atoms with Crippen molar-refractivity contribution in [2.75, 3.05) is 13.2 Å². The van der Waals surface area contributed by atoms with E-state index in [4.69, 9.17) is 4.74 Å². The van der Waals surface area contributed by atoms with Gasteiger partial charge in [0.1, 0.15) is 5.75 Å². The standard InChI is InChI=1S/C15H21NO4/c1-5-19-14(18)16-13(17)10-20-12-8-6-11(7-9-12)15(2,3)4/h6-9H,5,10H2,1-4H3,(H,16,17,18). The van der Waals surface area contributed by atoms with Crippen molar-refractivity contribution in [1.29, 1.82) is 0 Å². The van der Waals surface area contributed by atoms with E-state index in [1.807, 2.05) is 12.1 Å². The summed E-state index contributed by atoms with van der Waals surface area (Å²) in [6.45, 7) is 8.01. The second-order valence-electron chi connectivity index (χ2n) is 5.33. The number of hydrogen-bond donors (Lipinski definition) is 1. The fourth-order valence-corrected chi connectivity index (χ4v) is 1.52. The Bertz CT molecular complexity index is 460. The Hall–Kier alpha value is -2.04. The maximum atomic E-state index is 11.4. The number of alkyl carbamates (subject to hydrolysis) is 1. The first kappa shape index (κ1) is 16.0. The molecule has 110 valence electrons. The van der Waals surface area contributed by atoms with E-state index < -0.39 is 12.0 Å². The smallest absolute Gasteiger partial charge is 0.413 e. The Morgan fingerprint density at radius 1 is 1.15 bits per heavy atom. The van der Waals surface area contributed by atoms with Crippen LogP contribution in [-0.4, -0.2) is 25.2 Å². The number of carbonyl (C=O) groups excluding carboxylic acids is 2. The molecule has 0 fully saturated rings. The molecule has 1 N–H and O–H groups in total. The van der Waals surface area contributed by atoms with Crippen LogP contribution >= 0.6 is 0 Å². The fourth-order valence-electron chi connectivity index (χ4n) is 1.52. The van der Waals surface area contributed by atoms with E-state index in [-0.39, 0.29) is 18.6 Å². The fraction of sp³-hybridized carbons (Fsp3) is 0.467. The molecule has 5 nitrogen and oxygen atoms in total. The molecule has 2 amide bonds. The lowest BCUT2D eigenvalue weighted by molar-refractivity contribution is -0.122. The Balaban J connectivity index is 2.46. The molecule has 0 unspecified atom stereocenters. The van der Waals surface area contributed by atoms with Gasteiger partial charge in [0, 0.05) is 0 Å². The van der Waals surface area contributed by atoms with Crippen molar-refractivity contribution in [1.82, 2.24) is 5.32 Å². The van der Waals surface area contributed by atoms with Gasteiger partial charge in [-0.2, -0.15) is 0 Å². The van der Waals surface area contributed by atoms with Gasteiger partial charge in [-0.1, -0.05) is 32.9 Å². The molecular weight excluding hydrogens is 258 g/mol. The van der Waals surface area contributed by atoms with E-state index in [0.717, 1.165) is 0 Å². The van der Waals surface area contributed by atoms with Crippen LogP contribution in [0.4, 0.5) is 4.79 Å². The molecule has 1 aromatic carbocycles. The monoisotopic (exact) mass is 279 g/mol. The zero-order chi connectivity index (χ0) is 15.2. The Morgan fingerprint density at radius 2 is 1.75 bits per heavy atom. The normalized spacial score (nSPS) is 10.8. The van der Waals surface area contributed by atoms with Gasteiger partial charge in [0.15, 0.2) is 6.61 Å². The van der Waals surface area contributed by atoms with Crippen molar-refractivity contribution in [3.63, 3.8) is 0 Å². The van der Waals surface area contributed by atoms with Crippen LogP contribution < -0.4 is 10.1 Å². The molecule has 20 heavy (non-hydrogen) atoms. The van der Waals surface area contributed by atoms with Gasteiger partial charge in [0.25, 0.3) is 5.91 Å². The average Bonchev–Trinajstić information content (AvgIpc) is 2.36. The molecule has 0 spiro atoms. The van der Waals surface area contributed by atoms with Crippen molar-refractivity contribution in [2.45, 2.75) is 33.1 Å². The van der Waals surface area contributed by atoms with Crippen molar-refractivity contribution in [2.24, 2.45) is 0 Å². The Kier molecular flexibility index (Phi) is 5.55. The molecule has 0 aliphatic heterocycles. The number of carbonyl (C=O) groups is 2. The number of imide groups is 1. The third-order valence-corrected chi connectivity index (χ3v) is 2.61. The van der Waals surface area contributed by atoms with Crippen LogP contribution in [0.25, 0.3) is 0 Å². The number of benzene rings is 1. The van der Waals surface area contributed by atoms with Crippen LogP contribution in [0.1, 0.15) is 33.3 Å². The van der Waals surface area contributed by atoms with Crippen molar-refractivity contribution >= 4 is 12.0 Å². The molecule has 0 aromatic heterocycles. The van der Waals surface area contributed by atoms with Crippen LogP contribution in [0, 0.1) is 0 Å². The summed E-state index contributed by atoms with van der Waals surface area (Å²) in [5.41, 5.74) is 1.25. The van der Waals surface area contributed by atoms with Crippen molar-refractivity contribution in [3.8, 4) is 5.75 Å². The first-order chi connectivity index (χ1) is 9.32. The van der Waals surface area contributed by atoms with E-state index in [1.165, 1.54) is 5.56 Å². The van der Waals surface area contributed by atoms with Gasteiger partial charge in [0.2, 0.25) is 0 Å². The topological polar surface area (TPSA) is 64.6 Å². The molecule has 5 heteroatoms. The van der Waals surface area contributed by atoms with Gasteiger partial charge < -0.3 is 9.47 Å². The highest BCUT2D eigenvalue weighted by Crippen LogP contribution is 2.24. The molecule has 0 aliphatic carbocycles. The lowest BCUT2D eigenvalue weighted by Crippen LogP contribution is -2.34. The van der Waals surface area contributed by atoms with Crippen LogP contribution in [0.2, 0.25) is 0 Å². The molecule has 0 bridgehead atoms. The summed E-state index contributed by atoms with van der Waals surface area (Å²) >= 11 is 0. The number of hydrogen-bond acceptors (Lipinski definition) is 4. The summed E-state index contributed by atoms with van der Waals surface area (Å²) in [4.78, 5) is 22.4. The molecular formula is C15H21NO4. The molecule has 0 aliphatic rings. The second-order valence-corrected chi connectivity index (χ2v) is 5.33. The van der Waals surface area contributed by atoms with E-state index >= 15 is 0 Å². The minimum Gasteiger partial charge on any atom is -0.484 e. The van der Waals surface area contributed by atoms with Crippen molar-refractivity contribution < 1.29 is 19.1 Å². The summed E-state index contributed by atoms with van der Waals surface area (Å²) in [5, 5.41) is 2.06. The van der Waals surface area contributed by atoms with Gasteiger partial charge in [0.05, 0.1) is 6.61 Å². The van der Waals surface area contributed by atoms with Crippen LogP contribution in [0.15, 0.2) is 24.3 Å². The first-order valence-corrected chi connectivity index (χ1v) is 6.53. The molecule has 0 saturated heterocycles. The minimum absolute atomic E-state index is 0.0693. The molecule has 0 heterocycles. The number of amides is 2. The van der Waals surface area contributed by atoms with Gasteiger partial charge in [-0.25, -0.2) is 4.79 Å². The van der Waals surface area contributed by atoms with Gasteiger partial charge in [-0.05, 0) is 30.0 Å². The van der Waals surface area contributed by atoms with Crippen LogP contribution in [0.3, 0.4) is 0 Å². The Morgan fingerprint density at radius 3 is 2.25 bits per heavy atom. The highest BCUT2D eigenvalue weighted by Gasteiger charge is 2.13. The highest BCUT2D eigenvalue weighted by molar-refractivity contribution is 5.92. The number of rotatable bonds is 4. The quantitative estimate of drug-likeness (QED) is 0.920. The first-order valence-electron chi connectivity index (χ1n) is 6.53. The summed E-state index contributed by atoms with van der Waals surface area (Å²) in [7, 11) is 0. The molecule has 0 radical (unpaired) electrons. The third kappa shape index (κ3) is 5.30. The molecule has 0 saturated carbocycles. The predicted molar refractivity (Wildman–Crippen MR) is 75.8 cm³/mol. The second kappa shape index (κ2) is 6.93. The lowest BCUT2D eigenvalue weighted by atomic mass is 9.87. The molecule has 1 aromatic rings. The zero-order valence-corrected chi connectivity index (χ0v) is 12.4. The summed E-state index contributed by atoms with van der Waals surface area (Å²) < 4.78 is 9.89.